The van der Waals surface area contributed by atoms with Gasteiger partial charge in [0.25, 0.3) is 0 Å². The van der Waals surface area contributed by atoms with Crippen molar-refractivity contribution < 1.29 is 8.78 Å². The SMILES string of the molecule is CCC(C)n1c(=O)[nH]c2cc(Nc3ccc(F)cc3F)cnc21. The predicted molar refractivity (Wildman–Crippen MR) is 85.0 cm³/mol. The average Bonchev–Trinajstić information content (AvgIpc) is 2.84. The van der Waals surface area contributed by atoms with Gasteiger partial charge in [-0.2, -0.15) is 0 Å². The van der Waals surface area contributed by atoms with E-state index in [0.717, 1.165) is 12.5 Å². The quantitative estimate of drug-likeness (QED) is 0.770. The number of anilines is 2. The van der Waals surface area contributed by atoms with E-state index in [4.69, 9.17) is 0 Å². The first-order valence-electron chi connectivity index (χ1n) is 7.32. The van der Waals surface area contributed by atoms with Gasteiger partial charge in [-0.05, 0) is 31.5 Å². The molecule has 23 heavy (non-hydrogen) atoms. The molecule has 2 heterocycles. The molecule has 0 fully saturated rings. The Morgan fingerprint density at radius 3 is 2.83 bits per heavy atom. The Hall–Kier alpha value is -2.70. The van der Waals surface area contributed by atoms with Gasteiger partial charge in [0.2, 0.25) is 0 Å². The van der Waals surface area contributed by atoms with Crippen LogP contribution in [0.5, 0.6) is 0 Å². The maximum Gasteiger partial charge on any atom is 0.327 e. The highest BCUT2D eigenvalue weighted by atomic mass is 19.1. The smallest absolute Gasteiger partial charge is 0.327 e. The van der Waals surface area contributed by atoms with Crippen LogP contribution in [0, 0.1) is 11.6 Å². The van der Waals surface area contributed by atoms with Gasteiger partial charge < -0.3 is 10.3 Å². The van der Waals surface area contributed by atoms with E-state index in [-0.39, 0.29) is 17.4 Å². The minimum Gasteiger partial charge on any atom is -0.352 e. The lowest BCUT2D eigenvalue weighted by atomic mass is 10.2. The number of aromatic nitrogens is 3. The highest BCUT2D eigenvalue weighted by molar-refractivity contribution is 5.76. The molecule has 1 aromatic carbocycles. The molecule has 0 saturated carbocycles. The van der Waals surface area contributed by atoms with Crippen LogP contribution in [0.25, 0.3) is 11.2 Å². The molecule has 1 unspecified atom stereocenters. The zero-order valence-electron chi connectivity index (χ0n) is 12.7. The molecule has 1 atom stereocenters. The maximum atomic E-state index is 13.7. The Labute approximate surface area is 131 Å². The van der Waals surface area contributed by atoms with Crippen LogP contribution >= 0.6 is 0 Å². The molecule has 3 aromatic rings. The summed E-state index contributed by atoms with van der Waals surface area (Å²) in [5, 5.41) is 2.83. The van der Waals surface area contributed by atoms with Crippen molar-refractivity contribution in [2.75, 3.05) is 5.32 Å². The predicted octanol–water partition coefficient (Wildman–Crippen LogP) is 3.72. The number of halogens is 2. The van der Waals surface area contributed by atoms with E-state index < -0.39 is 11.6 Å². The first-order chi connectivity index (χ1) is 11.0. The minimum absolute atomic E-state index is 0.0251. The molecule has 2 N–H and O–H groups in total. The molecule has 0 aliphatic rings. The lowest BCUT2D eigenvalue weighted by molar-refractivity contribution is 0.526. The molecule has 0 bridgehead atoms. The number of imidazole rings is 1. The van der Waals surface area contributed by atoms with Crippen LogP contribution in [0.15, 0.2) is 35.3 Å². The summed E-state index contributed by atoms with van der Waals surface area (Å²) in [5.74, 6) is -1.34. The molecular weight excluding hydrogens is 302 g/mol. The second-order valence-electron chi connectivity index (χ2n) is 5.40. The molecule has 0 aliphatic heterocycles. The van der Waals surface area contributed by atoms with Crippen molar-refractivity contribution in [1.82, 2.24) is 14.5 Å². The second-order valence-corrected chi connectivity index (χ2v) is 5.40. The van der Waals surface area contributed by atoms with Gasteiger partial charge >= 0.3 is 5.69 Å². The van der Waals surface area contributed by atoms with Gasteiger partial charge in [-0.25, -0.2) is 18.6 Å². The molecule has 7 heteroatoms. The van der Waals surface area contributed by atoms with Crippen LogP contribution in [-0.4, -0.2) is 14.5 Å². The Bertz CT molecular complexity index is 916. The lowest BCUT2D eigenvalue weighted by Gasteiger charge is -2.10. The van der Waals surface area contributed by atoms with Crippen LogP contribution in [0.3, 0.4) is 0 Å². The number of hydrogen-bond donors (Lipinski definition) is 2. The number of nitrogens with one attached hydrogen (secondary N) is 2. The number of pyridine rings is 1. The average molecular weight is 318 g/mol. The first kappa shape index (κ1) is 15.2. The summed E-state index contributed by atoms with van der Waals surface area (Å²) in [6.45, 7) is 3.93. The highest BCUT2D eigenvalue weighted by Gasteiger charge is 2.13. The molecule has 3 rings (SSSR count). The third-order valence-electron chi connectivity index (χ3n) is 3.80. The minimum atomic E-state index is -0.698. The summed E-state index contributed by atoms with van der Waals surface area (Å²) >= 11 is 0. The summed E-state index contributed by atoms with van der Waals surface area (Å²) in [6.07, 6.45) is 2.31. The number of benzene rings is 1. The number of aromatic amines is 1. The fourth-order valence-corrected chi connectivity index (χ4v) is 2.42. The van der Waals surface area contributed by atoms with Crippen molar-refractivity contribution >= 4 is 22.5 Å². The second kappa shape index (κ2) is 5.83. The molecule has 0 aliphatic carbocycles. The van der Waals surface area contributed by atoms with E-state index in [9.17, 15) is 13.6 Å². The zero-order chi connectivity index (χ0) is 16.6. The van der Waals surface area contributed by atoms with Crippen LogP contribution in [0.2, 0.25) is 0 Å². The zero-order valence-corrected chi connectivity index (χ0v) is 12.7. The Morgan fingerprint density at radius 1 is 1.35 bits per heavy atom. The standard InChI is InChI=1S/C16H16F2N4O/c1-3-9(2)22-15-14(21-16(22)23)7-11(8-19-15)20-13-5-4-10(17)6-12(13)18/h4-9,20H,3H2,1-2H3,(H,21,23). The highest BCUT2D eigenvalue weighted by Crippen LogP contribution is 2.23. The molecule has 5 nitrogen and oxygen atoms in total. The lowest BCUT2D eigenvalue weighted by Crippen LogP contribution is -2.20. The molecule has 120 valence electrons. The van der Waals surface area contributed by atoms with E-state index in [1.54, 1.807) is 10.6 Å². The first-order valence-corrected chi connectivity index (χ1v) is 7.32. The number of fused-ring (bicyclic) bond motifs is 1. The molecular formula is C16H16F2N4O. The summed E-state index contributed by atoms with van der Waals surface area (Å²) in [5.41, 5.74) is 1.51. The fraction of sp³-hybridized carbons (Fsp3) is 0.250. The van der Waals surface area contributed by atoms with Crippen LogP contribution in [0.1, 0.15) is 26.3 Å². The van der Waals surface area contributed by atoms with Crippen molar-refractivity contribution in [2.24, 2.45) is 0 Å². The summed E-state index contributed by atoms with van der Waals surface area (Å²) in [7, 11) is 0. The van der Waals surface area contributed by atoms with Crippen LogP contribution < -0.4 is 11.0 Å². The number of hydrogen-bond acceptors (Lipinski definition) is 3. The summed E-state index contributed by atoms with van der Waals surface area (Å²) < 4.78 is 28.2. The molecule has 0 amide bonds. The van der Waals surface area contributed by atoms with Crippen molar-refractivity contribution in [1.29, 1.82) is 0 Å². The van der Waals surface area contributed by atoms with Crippen molar-refractivity contribution in [2.45, 2.75) is 26.3 Å². The Kier molecular flexibility index (Phi) is 3.85. The van der Waals surface area contributed by atoms with Gasteiger partial charge in [-0.15, -0.1) is 0 Å². The fourth-order valence-electron chi connectivity index (χ4n) is 2.42. The van der Waals surface area contributed by atoms with E-state index in [1.807, 2.05) is 13.8 Å². The molecule has 0 saturated heterocycles. The topological polar surface area (TPSA) is 62.7 Å². The van der Waals surface area contributed by atoms with E-state index in [0.29, 0.717) is 16.9 Å². The summed E-state index contributed by atoms with van der Waals surface area (Å²) in [4.78, 5) is 19.1. The van der Waals surface area contributed by atoms with Crippen molar-refractivity contribution in [3.8, 4) is 0 Å². The summed E-state index contributed by atoms with van der Waals surface area (Å²) in [6, 6.07) is 4.97. The van der Waals surface area contributed by atoms with Gasteiger partial charge in [-0.1, -0.05) is 6.92 Å². The number of rotatable bonds is 4. The van der Waals surface area contributed by atoms with Crippen molar-refractivity contribution in [3.05, 3.63) is 52.6 Å². The molecule has 0 radical (unpaired) electrons. The maximum absolute atomic E-state index is 13.7. The largest absolute Gasteiger partial charge is 0.352 e. The molecule has 0 spiro atoms. The van der Waals surface area contributed by atoms with Gasteiger partial charge in [0.1, 0.15) is 11.6 Å². The third kappa shape index (κ3) is 2.81. The Morgan fingerprint density at radius 2 is 2.13 bits per heavy atom. The third-order valence-corrected chi connectivity index (χ3v) is 3.80. The van der Waals surface area contributed by atoms with E-state index in [1.165, 1.54) is 18.3 Å². The monoisotopic (exact) mass is 318 g/mol. The van der Waals surface area contributed by atoms with Gasteiger partial charge in [0, 0.05) is 12.1 Å². The van der Waals surface area contributed by atoms with Gasteiger partial charge in [0.05, 0.1) is 23.1 Å². The van der Waals surface area contributed by atoms with E-state index >= 15 is 0 Å². The van der Waals surface area contributed by atoms with Gasteiger partial charge in [-0.3, -0.25) is 4.57 Å². The van der Waals surface area contributed by atoms with E-state index in [2.05, 4.69) is 15.3 Å². The normalized spacial score (nSPS) is 12.5. The van der Waals surface area contributed by atoms with Crippen molar-refractivity contribution in [3.63, 3.8) is 0 Å². The number of nitrogens with zero attached hydrogens (tertiary/aromatic N) is 2. The van der Waals surface area contributed by atoms with Crippen LogP contribution in [-0.2, 0) is 0 Å². The van der Waals surface area contributed by atoms with Gasteiger partial charge in [0.15, 0.2) is 5.65 Å². The Balaban J connectivity index is 1.99. The number of H-pyrrole nitrogens is 1. The molecule has 2 aromatic heterocycles. The van der Waals surface area contributed by atoms with Crippen LogP contribution in [0.4, 0.5) is 20.2 Å².